The Labute approximate surface area is 124 Å². The van der Waals surface area contributed by atoms with Crippen LogP contribution in [-0.4, -0.2) is 20.3 Å². The summed E-state index contributed by atoms with van der Waals surface area (Å²) in [7, 11) is 1.61. The second-order valence-corrected chi connectivity index (χ2v) is 4.71. The summed E-state index contributed by atoms with van der Waals surface area (Å²) in [5.41, 5.74) is 1.12. The molecule has 0 aromatic heterocycles. The van der Waals surface area contributed by atoms with E-state index in [1.54, 1.807) is 7.11 Å². The summed E-state index contributed by atoms with van der Waals surface area (Å²) in [5, 5.41) is 3.94. The molecule has 0 aliphatic rings. The SMILES string of the molecule is COc1ccc(CNCCOc2ccccc2)cc1Cl. The normalized spacial score (nSPS) is 10.3. The summed E-state index contributed by atoms with van der Waals surface area (Å²) in [5.74, 6) is 1.59. The molecule has 0 fully saturated rings. The third kappa shape index (κ3) is 4.44. The summed E-state index contributed by atoms with van der Waals surface area (Å²) < 4.78 is 10.7. The van der Waals surface area contributed by atoms with Gasteiger partial charge in [0.15, 0.2) is 0 Å². The van der Waals surface area contributed by atoms with E-state index in [4.69, 9.17) is 21.1 Å². The number of hydrogen-bond acceptors (Lipinski definition) is 3. The van der Waals surface area contributed by atoms with Crippen LogP contribution in [0.25, 0.3) is 0 Å². The van der Waals surface area contributed by atoms with E-state index in [0.717, 1.165) is 24.4 Å². The summed E-state index contributed by atoms with van der Waals surface area (Å²) in [4.78, 5) is 0. The van der Waals surface area contributed by atoms with Crippen LogP contribution in [0.4, 0.5) is 0 Å². The van der Waals surface area contributed by atoms with Gasteiger partial charge in [0.05, 0.1) is 12.1 Å². The van der Waals surface area contributed by atoms with Crippen LogP contribution >= 0.6 is 11.6 Å². The summed E-state index contributed by atoms with van der Waals surface area (Å²) in [6.07, 6.45) is 0. The fourth-order valence-electron chi connectivity index (χ4n) is 1.81. The Morgan fingerprint density at radius 1 is 1.10 bits per heavy atom. The Morgan fingerprint density at radius 2 is 1.90 bits per heavy atom. The molecule has 0 radical (unpaired) electrons. The van der Waals surface area contributed by atoms with Crippen LogP contribution in [0.3, 0.4) is 0 Å². The van der Waals surface area contributed by atoms with Crippen LogP contribution in [0.2, 0.25) is 5.02 Å². The standard InChI is InChI=1S/C16H18ClNO2/c1-19-16-8-7-13(11-15(16)17)12-18-9-10-20-14-5-3-2-4-6-14/h2-8,11,18H,9-10,12H2,1H3. The predicted octanol–water partition coefficient (Wildman–Crippen LogP) is 3.52. The fourth-order valence-corrected chi connectivity index (χ4v) is 2.09. The van der Waals surface area contributed by atoms with E-state index in [-0.39, 0.29) is 0 Å². The molecule has 0 amide bonds. The highest BCUT2D eigenvalue weighted by Gasteiger charge is 2.01. The van der Waals surface area contributed by atoms with Gasteiger partial charge in [-0.2, -0.15) is 0 Å². The number of rotatable bonds is 7. The highest BCUT2D eigenvalue weighted by Crippen LogP contribution is 2.24. The Kier molecular flexibility index (Phi) is 5.71. The number of methoxy groups -OCH3 is 1. The number of benzene rings is 2. The van der Waals surface area contributed by atoms with E-state index in [9.17, 15) is 0 Å². The lowest BCUT2D eigenvalue weighted by atomic mass is 10.2. The highest BCUT2D eigenvalue weighted by atomic mass is 35.5. The third-order valence-electron chi connectivity index (χ3n) is 2.84. The zero-order chi connectivity index (χ0) is 14.2. The molecule has 0 aliphatic heterocycles. The molecule has 20 heavy (non-hydrogen) atoms. The van der Waals surface area contributed by atoms with Crippen LogP contribution in [-0.2, 0) is 6.54 Å². The minimum atomic E-state index is 0.632. The molecule has 1 N–H and O–H groups in total. The molecule has 0 spiro atoms. The smallest absolute Gasteiger partial charge is 0.137 e. The van der Waals surface area contributed by atoms with Gasteiger partial charge in [-0.1, -0.05) is 35.9 Å². The topological polar surface area (TPSA) is 30.5 Å². The van der Waals surface area contributed by atoms with Gasteiger partial charge in [0.25, 0.3) is 0 Å². The molecule has 3 nitrogen and oxygen atoms in total. The molecule has 2 aromatic carbocycles. The number of ether oxygens (including phenoxy) is 2. The molecule has 0 bridgehead atoms. The van der Waals surface area contributed by atoms with Crippen LogP contribution < -0.4 is 14.8 Å². The Morgan fingerprint density at radius 3 is 2.60 bits per heavy atom. The van der Waals surface area contributed by atoms with Crippen molar-refractivity contribution in [3.05, 3.63) is 59.1 Å². The van der Waals surface area contributed by atoms with Crippen LogP contribution in [0.5, 0.6) is 11.5 Å². The second kappa shape index (κ2) is 7.78. The van der Waals surface area contributed by atoms with Crippen molar-refractivity contribution in [1.82, 2.24) is 5.32 Å². The van der Waals surface area contributed by atoms with Crippen molar-refractivity contribution in [3.63, 3.8) is 0 Å². The molecule has 0 saturated carbocycles. The van der Waals surface area contributed by atoms with Gasteiger partial charge in [-0.05, 0) is 29.8 Å². The van der Waals surface area contributed by atoms with Gasteiger partial charge in [-0.3, -0.25) is 0 Å². The largest absolute Gasteiger partial charge is 0.495 e. The maximum atomic E-state index is 6.07. The minimum Gasteiger partial charge on any atom is -0.495 e. The first kappa shape index (κ1) is 14.7. The van der Waals surface area contributed by atoms with Crippen molar-refractivity contribution in [2.75, 3.05) is 20.3 Å². The molecule has 0 unspecified atom stereocenters. The maximum Gasteiger partial charge on any atom is 0.137 e. The van der Waals surface area contributed by atoms with Gasteiger partial charge in [0.1, 0.15) is 18.1 Å². The number of halogens is 1. The predicted molar refractivity (Wildman–Crippen MR) is 81.6 cm³/mol. The van der Waals surface area contributed by atoms with E-state index < -0.39 is 0 Å². The first-order valence-corrected chi connectivity index (χ1v) is 6.88. The summed E-state index contributed by atoms with van der Waals surface area (Å²) in [6, 6.07) is 15.6. The molecule has 0 heterocycles. The van der Waals surface area contributed by atoms with Gasteiger partial charge < -0.3 is 14.8 Å². The summed E-state index contributed by atoms with van der Waals surface area (Å²) in [6.45, 7) is 2.16. The molecule has 106 valence electrons. The zero-order valence-electron chi connectivity index (χ0n) is 11.4. The second-order valence-electron chi connectivity index (χ2n) is 4.31. The van der Waals surface area contributed by atoms with Crippen molar-refractivity contribution in [1.29, 1.82) is 0 Å². The number of hydrogen-bond donors (Lipinski definition) is 1. The zero-order valence-corrected chi connectivity index (χ0v) is 12.2. The lowest BCUT2D eigenvalue weighted by molar-refractivity contribution is 0.313. The average molecular weight is 292 g/mol. The van der Waals surface area contributed by atoms with Crippen molar-refractivity contribution >= 4 is 11.6 Å². The van der Waals surface area contributed by atoms with E-state index in [0.29, 0.717) is 17.4 Å². The molecule has 4 heteroatoms. The molecule has 0 atom stereocenters. The molecule has 0 aliphatic carbocycles. The Bertz CT molecular complexity index is 531. The van der Waals surface area contributed by atoms with Crippen LogP contribution in [0.1, 0.15) is 5.56 Å². The van der Waals surface area contributed by atoms with Crippen molar-refractivity contribution in [2.45, 2.75) is 6.54 Å². The lowest BCUT2D eigenvalue weighted by Crippen LogP contribution is -2.20. The van der Waals surface area contributed by atoms with Gasteiger partial charge in [-0.25, -0.2) is 0 Å². The fraction of sp³-hybridized carbons (Fsp3) is 0.250. The van der Waals surface area contributed by atoms with Gasteiger partial charge in [0, 0.05) is 13.1 Å². The van der Waals surface area contributed by atoms with Gasteiger partial charge in [0.2, 0.25) is 0 Å². The van der Waals surface area contributed by atoms with E-state index >= 15 is 0 Å². The molecule has 2 aromatic rings. The third-order valence-corrected chi connectivity index (χ3v) is 3.13. The van der Waals surface area contributed by atoms with Gasteiger partial charge >= 0.3 is 0 Å². The monoisotopic (exact) mass is 291 g/mol. The minimum absolute atomic E-state index is 0.632. The summed E-state index contributed by atoms with van der Waals surface area (Å²) >= 11 is 6.07. The van der Waals surface area contributed by atoms with E-state index in [1.807, 2.05) is 48.5 Å². The highest BCUT2D eigenvalue weighted by molar-refractivity contribution is 6.32. The first-order chi connectivity index (χ1) is 9.79. The van der Waals surface area contributed by atoms with Crippen molar-refractivity contribution < 1.29 is 9.47 Å². The molecule has 0 saturated heterocycles. The molecule has 2 rings (SSSR count). The van der Waals surface area contributed by atoms with Crippen molar-refractivity contribution in [3.8, 4) is 11.5 Å². The molecular formula is C16H18ClNO2. The molecular weight excluding hydrogens is 274 g/mol. The Hall–Kier alpha value is -1.71. The first-order valence-electron chi connectivity index (χ1n) is 6.50. The van der Waals surface area contributed by atoms with Gasteiger partial charge in [-0.15, -0.1) is 0 Å². The number of para-hydroxylation sites is 1. The van der Waals surface area contributed by atoms with Crippen LogP contribution in [0, 0.1) is 0 Å². The lowest BCUT2D eigenvalue weighted by Gasteiger charge is -2.09. The van der Waals surface area contributed by atoms with E-state index in [2.05, 4.69) is 5.32 Å². The van der Waals surface area contributed by atoms with E-state index in [1.165, 1.54) is 0 Å². The quantitative estimate of drug-likeness (QED) is 0.792. The number of nitrogens with one attached hydrogen (secondary N) is 1. The Balaban J connectivity index is 1.69. The van der Waals surface area contributed by atoms with Crippen molar-refractivity contribution in [2.24, 2.45) is 0 Å². The van der Waals surface area contributed by atoms with Crippen LogP contribution in [0.15, 0.2) is 48.5 Å². The maximum absolute atomic E-state index is 6.07. The average Bonchev–Trinajstić information content (AvgIpc) is 2.48.